The summed E-state index contributed by atoms with van der Waals surface area (Å²) in [7, 11) is 0. The van der Waals surface area contributed by atoms with E-state index in [2.05, 4.69) is 20.4 Å². The zero-order valence-electron chi connectivity index (χ0n) is 12.1. The van der Waals surface area contributed by atoms with Gasteiger partial charge in [-0.05, 0) is 24.3 Å². The number of hydrogen-bond acceptors (Lipinski definition) is 5. The zero-order chi connectivity index (χ0) is 15.6. The van der Waals surface area contributed by atoms with Crippen LogP contribution in [0.1, 0.15) is 0 Å². The van der Waals surface area contributed by atoms with Gasteiger partial charge in [0.2, 0.25) is 0 Å². The third kappa shape index (κ3) is 2.46. The lowest BCUT2D eigenvalue weighted by Gasteiger charge is -2.07. The van der Waals surface area contributed by atoms with Gasteiger partial charge in [-0.2, -0.15) is 5.10 Å². The molecular weight excluding hydrogens is 290 g/mol. The van der Waals surface area contributed by atoms with Crippen molar-refractivity contribution in [2.24, 2.45) is 0 Å². The zero-order valence-corrected chi connectivity index (χ0v) is 12.1. The molecule has 2 N–H and O–H groups in total. The SMILES string of the molecule is Oc1cccc(Nc2ncnc3c2cnn3-c2ccccc2)c1. The first-order valence-corrected chi connectivity index (χ1v) is 7.11. The van der Waals surface area contributed by atoms with E-state index in [-0.39, 0.29) is 5.75 Å². The first-order valence-electron chi connectivity index (χ1n) is 7.11. The predicted octanol–water partition coefficient (Wildman–Crippen LogP) is 3.26. The van der Waals surface area contributed by atoms with Crippen LogP contribution < -0.4 is 5.32 Å². The molecule has 0 amide bonds. The van der Waals surface area contributed by atoms with Crippen LogP contribution >= 0.6 is 0 Å². The topological polar surface area (TPSA) is 75.9 Å². The van der Waals surface area contributed by atoms with Crippen molar-refractivity contribution in [2.45, 2.75) is 0 Å². The van der Waals surface area contributed by atoms with Crippen molar-refractivity contribution in [3.05, 3.63) is 67.1 Å². The Morgan fingerprint density at radius 3 is 2.65 bits per heavy atom. The number of phenols is 1. The van der Waals surface area contributed by atoms with Crippen LogP contribution in [-0.2, 0) is 0 Å². The van der Waals surface area contributed by atoms with Crippen molar-refractivity contribution in [1.29, 1.82) is 0 Å². The van der Waals surface area contributed by atoms with Crippen LogP contribution in [0.15, 0.2) is 67.1 Å². The molecule has 0 radical (unpaired) electrons. The number of nitrogens with zero attached hydrogens (tertiary/aromatic N) is 4. The molecule has 0 unspecified atom stereocenters. The van der Waals surface area contributed by atoms with E-state index in [1.54, 1.807) is 29.1 Å². The maximum atomic E-state index is 9.57. The van der Waals surface area contributed by atoms with Gasteiger partial charge in [0.25, 0.3) is 0 Å². The normalized spacial score (nSPS) is 10.8. The Morgan fingerprint density at radius 2 is 1.83 bits per heavy atom. The molecule has 112 valence electrons. The lowest BCUT2D eigenvalue weighted by molar-refractivity contribution is 0.475. The fourth-order valence-corrected chi connectivity index (χ4v) is 2.42. The molecular formula is C17H13N5O. The molecule has 0 saturated heterocycles. The molecule has 23 heavy (non-hydrogen) atoms. The van der Waals surface area contributed by atoms with Gasteiger partial charge in [0, 0.05) is 11.8 Å². The van der Waals surface area contributed by atoms with E-state index in [0.29, 0.717) is 11.5 Å². The molecule has 6 heteroatoms. The van der Waals surface area contributed by atoms with Crippen molar-refractivity contribution < 1.29 is 5.11 Å². The first-order chi connectivity index (χ1) is 11.3. The van der Waals surface area contributed by atoms with Gasteiger partial charge in [0.1, 0.15) is 17.9 Å². The smallest absolute Gasteiger partial charge is 0.168 e. The fourth-order valence-electron chi connectivity index (χ4n) is 2.42. The van der Waals surface area contributed by atoms with Crippen molar-refractivity contribution >= 4 is 22.5 Å². The van der Waals surface area contributed by atoms with Gasteiger partial charge < -0.3 is 10.4 Å². The highest BCUT2D eigenvalue weighted by atomic mass is 16.3. The van der Waals surface area contributed by atoms with E-state index in [0.717, 1.165) is 16.8 Å². The number of nitrogens with one attached hydrogen (secondary N) is 1. The minimum absolute atomic E-state index is 0.195. The number of hydrogen-bond donors (Lipinski definition) is 2. The standard InChI is InChI=1S/C17H13N5O/c23-14-8-4-5-12(9-14)21-16-15-10-20-22(17(15)19-11-18-16)13-6-2-1-3-7-13/h1-11,23H,(H,18,19,21). The Bertz CT molecular complexity index is 965. The molecule has 0 aliphatic rings. The molecule has 0 aliphatic carbocycles. The van der Waals surface area contributed by atoms with E-state index in [9.17, 15) is 5.11 Å². The van der Waals surface area contributed by atoms with Gasteiger partial charge in [-0.1, -0.05) is 24.3 Å². The van der Waals surface area contributed by atoms with Crippen LogP contribution in [0.2, 0.25) is 0 Å². The van der Waals surface area contributed by atoms with Gasteiger partial charge >= 0.3 is 0 Å². The number of anilines is 2. The highest BCUT2D eigenvalue weighted by Gasteiger charge is 2.11. The number of benzene rings is 2. The van der Waals surface area contributed by atoms with Crippen LogP contribution in [0.5, 0.6) is 5.75 Å². The third-order valence-electron chi connectivity index (χ3n) is 3.48. The number of aromatic hydroxyl groups is 1. The summed E-state index contributed by atoms with van der Waals surface area (Å²) in [4.78, 5) is 8.62. The monoisotopic (exact) mass is 303 g/mol. The average Bonchev–Trinajstić information content (AvgIpc) is 3.01. The molecule has 2 aromatic carbocycles. The molecule has 2 aromatic heterocycles. The maximum absolute atomic E-state index is 9.57. The molecule has 4 rings (SSSR count). The average molecular weight is 303 g/mol. The van der Waals surface area contributed by atoms with Gasteiger partial charge in [-0.25, -0.2) is 14.6 Å². The Hall–Kier alpha value is -3.41. The molecule has 0 aliphatic heterocycles. The van der Waals surface area contributed by atoms with E-state index in [4.69, 9.17) is 0 Å². The number of phenolic OH excluding ortho intramolecular Hbond substituents is 1. The number of para-hydroxylation sites is 1. The fraction of sp³-hybridized carbons (Fsp3) is 0. The summed E-state index contributed by atoms with van der Waals surface area (Å²) < 4.78 is 1.77. The summed E-state index contributed by atoms with van der Waals surface area (Å²) in [6.45, 7) is 0. The number of aromatic nitrogens is 4. The Balaban J connectivity index is 1.79. The highest BCUT2D eigenvalue weighted by molar-refractivity contribution is 5.89. The van der Waals surface area contributed by atoms with Crippen LogP contribution in [0, 0.1) is 0 Å². The van der Waals surface area contributed by atoms with E-state index >= 15 is 0 Å². The third-order valence-corrected chi connectivity index (χ3v) is 3.48. The molecule has 2 heterocycles. The molecule has 6 nitrogen and oxygen atoms in total. The summed E-state index contributed by atoms with van der Waals surface area (Å²) in [6, 6.07) is 16.7. The minimum Gasteiger partial charge on any atom is -0.508 e. The van der Waals surface area contributed by atoms with Gasteiger partial charge in [-0.15, -0.1) is 0 Å². The van der Waals surface area contributed by atoms with Crippen molar-refractivity contribution in [1.82, 2.24) is 19.7 Å². The number of fused-ring (bicyclic) bond motifs is 1. The van der Waals surface area contributed by atoms with E-state index < -0.39 is 0 Å². The number of rotatable bonds is 3. The largest absolute Gasteiger partial charge is 0.508 e. The molecule has 0 fully saturated rings. The lowest BCUT2D eigenvalue weighted by Crippen LogP contribution is -1.99. The minimum atomic E-state index is 0.195. The summed E-state index contributed by atoms with van der Waals surface area (Å²) >= 11 is 0. The van der Waals surface area contributed by atoms with Crippen LogP contribution in [0.4, 0.5) is 11.5 Å². The summed E-state index contributed by atoms with van der Waals surface area (Å²) in [5.41, 5.74) is 2.40. The van der Waals surface area contributed by atoms with Crippen LogP contribution in [0.25, 0.3) is 16.7 Å². The molecule has 0 saturated carbocycles. The predicted molar refractivity (Wildman–Crippen MR) is 88.0 cm³/mol. The molecule has 0 bridgehead atoms. The summed E-state index contributed by atoms with van der Waals surface area (Å²) in [5, 5.41) is 18.0. The van der Waals surface area contributed by atoms with Crippen LogP contribution in [-0.4, -0.2) is 24.9 Å². The Morgan fingerprint density at radius 1 is 0.957 bits per heavy atom. The Kier molecular flexibility index (Phi) is 3.12. The van der Waals surface area contributed by atoms with Crippen molar-refractivity contribution in [3.8, 4) is 11.4 Å². The molecule has 0 atom stereocenters. The van der Waals surface area contributed by atoms with Gasteiger partial charge in [0.05, 0.1) is 17.3 Å². The van der Waals surface area contributed by atoms with Gasteiger partial charge in [0.15, 0.2) is 5.65 Å². The lowest BCUT2D eigenvalue weighted by atomic mass is 10.3. The maximum Gasteiger partial charge on any atom is 0.168 e. The summed E-state index contributed by atoms with van der Waals surface area (Å²) in [5.74, 6) is 0.836. The van der Waals surface area contributed by atoms with Crippen LogP contribution in [0.3, 0.4) is 0 Å². The second-order valence-corrected chi connectivity index (χ2v) is 5.03. The Labute approximate surface area is 132 Å². The second kappa shape index (κ2) is 5.42. The van der Waals surface area contributed by atoms with Gasteiger partial charge in [-0.3, -0.25) is 0 Å². The van der Waals surface area contributed by atoms with E-state index in [1.807, 2.05) is 36.4 Å². The second-order valence-electron chi connectivity index (χ2n) is 5.03. The highest BCUT2D eigenvalue weighted by Crippen LogP contribution is 2.25. The van der Waals surface area contributed by atoms with E-state index in [1.165, 1.54) is 6.33 Å². The van der Waals surface area contributed by atoms with Crippen molar-refractivity contribution in [2.75, 3.05) is 5.32 Å². The molecule has 4 aromatic rings. The first kappa shape index (κ1) is 13.3. The molecule has 0 spiro atoms. The quantitative estimate of drug-likeness (QED) is 0.607. The summed E-state index contributed by atoms with van der Waals surface area (Å²) in [6.07, 6.45) is 3.22. The van der Waals surface area contributed by atoms with Crippen molar-refractivity contribution in [3.63, 3.8) is 0 Å².